The van der Waals surface area contributed by atoms with Gasteiger partial charge in [-0.15, -0.1) is 0 Å². The second-order valence-electron chi connectivity index (χ2n) is 8.78. The number of ketones is 1. The van der Waals surface area contributed by atoms with Crippen LogP contribution in [0.3, 0.4) is 0 Å². The van der Waals surface area contributed by atoms with Crippen LogP contribution in [0.4, 0.5) is 5.69 Å². The Balaban J connectivity index is 1.38. The monoisotopic (exact) mass is 464 g/mol. The van der Waals surface area contributed by atoms with Crippen LogP contribution in [0.2, 0.25) is 0 Å². The van der Waals surface area contributed by atoms with Gasteiger partial charge in [0.25, 0.3) is 5.91 Å². The number of likely N-dealkylation sites (tertiary alicyclic amines) is 1. The van der Waals surface area contributed by atoms with Gasteiger partial charge in [-0.2, -0.15) is 0 Å². The van der Waals surface area contributed by atoms with E-state index in [2.05, 4.69) is 11.8 Å². The summed E-state index contributed by atoms with van der Waals surface area (Å²) < 4.78 is 10.3. The van der Waals surface area contributed by atoms with Crippen LogP contribution in [0.25, 0.3) is 0 Å². The second-order valence-corrected chi connectivity index (χ2v) is 8.78. The lowest BCUT2D eigenvalue weighted by molar-refractivity contribution is -0.123. The Kier molecular flexibility index (Phi) is 7.07. The minimum absolute atomic E-state index is 0.167. The van der Waals surface area contributed by atoms with Crippen molar-refractivity contribution in [3.8, 4) is 5.75 Å². The molecule has 0 N–H and O–H groups in total. The number of rotatable bonds is 7. The standard InChI is InChI=1S/C26H28N2O6/c1-17-6-5-13-27(15-17)21-14-24(30)28(25(21)31)19-11-9-18(10-12-19)26(32)34-16-22(29)20-7-3-4-8-23(20)33-2/h3-4,7-12,17,21H,5-6,13-16H2,1-2H3. The predicted molar refractivity (Wildman–Crippen MR) is 125 cm³/mol. The molecular formula is C26H28N2O6. The van der Waals surface area contributed by atoms with Gasteiger partial charge in [0.05, 0.1) is 36.4 Å². The maximum Gasteiger partial charge on any atom is 0.338 e. The van der Waals surface area contributed by atoms with Crippen molar-refractivity contribution in [3.05, 3.63) is 59.7 Å². The molecule has 0 bridgehead atoms. The molecule has 178 valence electrons. The highest BCUT2D eigenvalue weighted by atomic mass is 16.5. The molecule has 8 heteroatoms. The summed E-state index contributed by atoms with van der Waals surface area (Å²) in [6, 6.07) is 12.4. The first kappa shape index (κ1) is 23.6. The second kappa shape index (κ2) is 10.2. The van der Waals surface area contributed by atoms with Gasteiger partial charge in [-0.05, 0) is 61.7 Å². The molecule has 2 fully saturated rings. The highest BCUT2D eigenvalue weighted by molar-refractivity contribution is 6.22. The zero-order valence-corrected chi connectivity index (χ0v) is 19.4. The summed E-state index contributed by atoms with van der Waals surface area (Å²) in [4.78, 5) is 53.8. The zero-order chi connectivity index (χ0) is 24.2. The summed E-state index contributed by atoms with van der Waals surface area (Å²) in [5.41, 5.74) is 0.971. The molecule has 2 aliphatic rings. The van der Waals surface area contributed by atoms with Crippen molar-refractivity contribution in [2.45, 2.75) is 32.2 Å². The number of ether oxygens (including phenoxy) is 2. The zero-order valence-electron chi connectivity index (χ0n) is 19.4. The van der Waals surface area contributed by atoms with E-state index in [9.17, 15) is 19.2 Å². The highest BCUT2D eigenvalue weighted by Gasteiger charge is 2.43. The third-order valence-corrected chi connectivity index (χ3v) is 6.35. The molecule has 2 aromatic rings. The van der Waals surface area contributed by atoms with E-state index in [1.54, 1.807) is 36.4 Å². The smallest absolute Gasteiger partial charge is 0.338 e. The van der Waals surface area contributed by atoms with Crippen molar-refractivity contribution in [1.29, 1.82) is 0 Å². The molecular weight excluding hydrogens is 436 g/mol. The molecule has 8 nitrogen and oxygen atoms in total. The van der Waals surface area contributed by atoms with Crippen molar-refractivity contribution in [2.75, 3.05) is 31.7 Å². The van der Waals surface area contributed by atoms with E-state index in [-0.39, 0.29) is 29.6 Å². The molecule has 34 heavy (non-hydrogen) atoms. The van der Waals surface area contributed by atoms with Gasteiger partial charge < -0.3 is 9.47 Å². The fraction of sp³-hybridized carbons (Fsp3) is 0.385. The maximum absolute atomic E-state index is 13.0. The Morgan fingerprint density at radius 1 is 1.06 bits per heavy atom. The molecule has 4 rings (SSSR count). The Morgan fingerprint density at radius 3 is 2.50 bits per heavy atom. The lowest BCUT2D eigenvalue weighted by Gasteiger charge is -2.34. The van der Waals surface area contributed by atoms with E-state index in [0.717, 1.165) is 25.9 Å². The van der Waals surface area contributed by atoms with Crippen molar-refractivity contribution >= 4 is 29.3 Å². The predicted octanol–water partition coefficient (Wildman–Crippen LogP) is 3.10. The van der Waals surface area contributed by atoms with Crippen LogP contribution in [-0.4, -0.2) is 61.3 Å². The number of amides is 2. The molecule has 2 amide bonds. The van der Waals surface area contributed by atoms with E-state index >= 15 is 0 Å². The molecule has 2 unspecified atom stereocenters. The normalized spacial score (nSPS) is 20.9. The third kappa shape index (κ3) is 4.87. The number of piperidine rings is 1. The van der Waals surface area contributed by atoms with Crippen LogP contribution in [0.5, 0.6) is 5.75 Å². The highest BCUT2D eigenvalue weighted by Crippen LogP contribution is 2.29. The van der Waals surface area contributed by atoms with Crippen LogP contribution in [0, 0.1) is 5.92 Å². The molecule has 2 aliphatic heterocycles. The first-order valence-corrected chi connectivity index (χ1v) is 11.4. The van der Waals surface area contributed by atoms with Crippen LogP contribution in [0.15, 0.2) is 48.5 Å². The van der Waals surface area contributed by atoms with Crippen LogP contribution in [0.1, 0.15) is 46.9 Å². The van der Waals surface area contributed by atoms with Crippen LogP contribution < -0.4 is 9.64 Å². The van der Waals surface area contributed by atoms with E-state index in [1.807, 2.05) is 0 Å². The van der Waals surface area contributed by atoms with Gasteiger partial charge in [-0.3, -0.25) is 19.3 Å². The van der Waals surface area contributed by atoms with Gasteiger partial charge in [-0.1, -0.05) is 19.1 Å². The molecule has 2 heterocycles. The van der Waals surface area contributed by atoms with Crippen molar-refractivity contribution in [1.82, 2.24) is 4.90 Å². The topological polar surface area (TPSA) is 93.2 Å². The Bertz CT molecular complexity index is 1100. The number of hydrogen-bond acceptors (Lipinski definition) is 7. The van der Waals surface area contributed by atoms with Crippen molar-refractivity contribution in [2.24, 2.45) is 5.92 Å². The maximum atomic E-state index is 13.0. The van der Waals surface area contributed by atoms with Crippen molar-refractivity contribution in [3.63, 3.8) is 0 Å². The molecule has 2 saturated heterocycles. The number of imide groups is 1. The molecule has 0 radical (unpaired) electrons. The average molecular weight is 465 g/mol. The van der Waals surface area contributed by atoms with E-state index in [1.165, 1.54) is 24.1 Å². The number of anilines is 1. The van der Waals surface area contributed by atoms with Gasteiger partial charge in [0.1, 0.15) is 5.75 Å². The Hall–Kier alpha value is -3.52. The number of hydrogen-bond donors (Lipinski definition) is 0. The van der Waals surface area contributed by atoms with Crippen LogP contribution in [-0.2, 0) is 14.3 Å². The fourth-order valence-corrected chi connectivity index (χ4v) is 4.60. The summed E-state index contributed by atoms with van der Waals surface area (Å²) >= 11 is 0. The van der Waals surface area contributed by atoms with E-state index in [0.29, 0.717) is 22.9 Å². The Morgan fingerprint density at radius 2 is 1.79 bits per heavy atom. The fourth-order valence-electron chi connectivity index (χ4n) is 4.60. The number of carbonyl (C=O) groups excluding carboxylic acids is 4. The number of benzene rings is 2. The van der Waals surface area contributed by atoms with Gasteiger partial charge in [-0.25, -0.2) is 9.69 Å². The van der Waals surface area contributed by atoms with Crippen LogP contribution >= 0.6 is 0 Å². The summed E-state index contributed by atoms with van der Waals surface area (Å²) in [7, 11) is 1.46. The van der Waals surface area contributed by atoms with E-state index in [4.69, 9.17) is 9.47 Å². The number of esters is 1. The quantitative estimate of drug-likeness (QED) is 0.353. The Labute approximate surface area is 198 Å². The first-order valence-electron chi connectivity index (χ1n) is 11.4. The number of nitrogens with zero attached hydrogens (tertiary/aromatic N) is 2. The summed E-state index contributed by atoms with van der Waals surface area (Å²) in [5, 5.41) is 0. The number of para-hydroxylation sites is 1. The summed E-state index contributed by atoms with van der Waals surface area (Å²) in [5.74, 6) is -0.610. The molecule has 0 aromatic heterocycles. The number of methoxy groups -OCH3 is 1. The molecule has 2 atom stereocenters. The average Bonchev–Trinajstić information content (AvgIpc) is 3.16. The van der Waals surface area contributed by atoms with Gasteiger partial charge in [0, 0.05) is 6.54 Å². The summed E-state index contributed by atoms with van der Waals surface area (Å²) in [6.45, 7) is 3.36. The molecule has 0 saturated carbocycles. The van der Waals surface area contributed by atoms with Gasteiger partial charge in [0.15, 0.2) is 6.61 Å². The van der Waals surface area contributed by atoms with Gasteiger partial charge in [0.2, 0.25) is 11.7 Å². The lowest BCUT2D eigenvalue weighted by Crippen LogP contribution is -2.46. The lowest BCUT2D eigenvalue weighted by atomic mass is 9.98. The first-order chi connectivity index (χ1) is 16.4. The largest absolute Gasteiger partial charge is 0.496 e. The number of carbonyl (C=O) groups is 4. The molecule has 0 aliphatic carbocycles. The molecule has 0 spiro atoms. The minimum Gasteiger partial charge on any atom is -0.496 e. The number of Topliss-reactive ketones (excluding diaryl/α,β-unsaturated/α-hetero) is 1. The van der Waals surface area contributed by atoms with E-state index < -0.39 is 18.6 Å². The SMILES string of the molecule is COc1ccccc1C(=O)COC(=O)c1ccc(N2C(=O)CC(N3CCCC(C)C3)C2=O)cc1. The summed E-state index contributed by atoms with van der Waals surface area (Å²) in [6.07, 6.45) is 2.33. The molecule has 2 aromatic carbocycles. The third-order valence-electron chi connectivity index (χ3n) is 6.35. The van der Waals surface area contributed by atoms with Crippen molar-refractivity contribution < 1.29 is 28.7 Å². The minimum atomic E-state index is -0.672. The van der Waals surface area contributed by atoms with Gasteiger partial charge >= 0.3 is 5.97 Å².